The van der Waals surface area contributed by atoms with Crippen LogP contribution < -0.4 is 9.88 Å². The summed E-state index contributed by atoms with van der Waals surface area (Å²) in [5, 5.41) is 5.67. The summed E-state index contributed by atoms with van der Waals surface area (Å²) < 4.78 is 87.3. The van der Waals surface area contributed by atoms with Gasteiger partial charge in [-0.2, -0.15) is 0 Å². The molecule has 8 nitrogen and oxygen atoms in total. The van der Waals surface area contributed by atoms with Gasteiger partial charge in [0.1, 0.15) is 21.5 Å². The molecule has 0 spiro atoms. The van der Waals surface area contributed by atoms with Crippen molar-refractivity contribution in [3.63, 3.8) is 0 Å². The number of rotatable bonds is 9. The molecule has 0 saturated heterocycles. The lowest BCUT2D eigenvalue weighted by atomic mass is 10.1. The van der Waals surface area contributed by atoms with E-state index in [0.29, 0.717) is 39.0 Å². The zero-order chi connectivity index (χ0) is 30.4. The summed E-state index contributed by atoms with van der Waals surface area (Å²) in [6.45, 7) is 1.86. The van der Waals surface area contributed by atoms with Crippen LogP contribution in [-0.4, -0.2) is 37.4 Å². The molecule has 0 aliphatic heterocycles. The highest BCUT2D eigenvalue weighted by molar-refractivity contribution is 7.89. The molecular weight excluding hydrogens is 598 g/mol. The molecule has 42 heavy (non-hydrogen) atoms. The molecule has 1 fully saturated rings. The van der Waals surface area contributed by atoms with E-state index in [1.54, 1.807) is 6.92 Å². The van der Waals surface area contributed by atoms with Crippen molar-refractivity contribution in [1.82, 2.24) is 9.55 Å². The minimum absolute atomic E-state index is 0.105. The Morgan fingerprint density at radius 1 is 1.14 bits per heavy atom. The number of thiazole rings is 1. The van der Waals surface area contributed by atoms with Gasteiger partial charge in [0.05, 0.1) is 7.11 Å². The molecule has 1 aliphatic carbocycles. The highest BCUT2D eigenvalue weighted by atomic mass is 32.2. The monoisotopic (exact) mass is 623 g/mol. The van der Waals surface area contributed by atoms with Gasteiger partial charge >= 0.3 is 12.3 Å². The van der Waals surface area contributed by atoms with E-state index in [-0.39, 0.29) is 18.0 Å². The second-order valence-electron chi connectivity index (χ2n) is 9.92. The van der Waals surface area contributed by atoms with Crippen LogP contribution in [0.4, 0.5) is 17.6 Å². The van der Waals surface area contributed by atoms with E-state index in [1.807, 2.05) is 10.6 Å². The first-order valence-corrected chi connectivity index (χ1v) is 15.1. The lowest BCUT2D eigenvalue weighted by molar-refractivity contribution is -0.274. The zero-order valence-electron chi connectivity index (χ0n) is 22.4. The van der Waals surface area contributed by atoms with E-state index in [0.717, 1.165) is 36.2 Å². The smallest absolute Gasteiger partial charge is 0.464 e. The highest BCUT2D eigenvalue weighted by Gasteiger charge is 2.32. The summed E-state index contributed by atoms with van der Waals surface area (Å²) in [7, 11) is -3.00. The van der Waals surface area contributed by atoms with Crippen LogP contribution in [0, 0.1) is 18.7 Å². The number of nitrogens with two attached hydrogens (primary N) is 1. The Kier molecular flexibility index (Phi) is 7.89. The SMILES string of the molecule is COC(=O)c1nc(-c2cc(-c3ccc(OC(F)(F)F)cc3)n(Cc3ccc(S(N)(=O)=O)c(F)c3)c2CC2CC2)sc1C. The Balaban J connectivity index is 1.66. The predicted octanol–water partition coefficient (Wildman–Crippen LogP) is 6.06. The summed E-state index contributed by atoms with van der Waals surface area (Å²) in [6, 6.07) is 10.8. The molecule has 1 aliphatic rings. The van der Waals surface area contributed by atoms with Gasteiger partial charge in [0, 0.05) is 28.4 Å². The van der Waals surface area contributed by atoms with Crippen LogP contribution >= 0.6 is 11.3 Å². The Morgan fingerprint density at radius 2 is 1.83 bits per heavy atom. The Morgan fingerprint density at radius 3 is 2.40 bits per heavy atom. The Labute approximate surface area is 242 Å². The van der Waals surface area contributed by atoms with Crippen LogP contribution in [0.2, 0.25) is 0 Å². The standard InChI is InChI=1S/C28H25F4N3O5S2/c1-15-25(27(36)39-2)34-26(41-15)20-13-22(18-6-8-19(9-7-18)40-28(30,31)32)35(23(20)12-16-3-4-16)14-17-5-10-24(21(29)11-17)42(33,37)38/h5-11,13,16H,3-4,12,14H2,1-2H3,(H2,33,37,38). The third-order valence-corrected chi connectivity index (χ3v) is 8.77. The fraction of sp³-hybridized carbons (Fsp3) is 0.286. The van der Waals surface area contributed by atoms with Gasteiger partial charge in [-0.1, -0.05) is 6.07 Å². The normalized spacial score (nSPS) is 13.8. The van der Waals surface area contributed by atoms with E-state index >= 15 is 0 Å². The third kappa shape index (κ3) is 6.50. The van der Waals surface area contributed by atoms with Crippen LogP contribution in [-0.2, 0) is 27.7 Å². The minimum Gasteiger partial charge on any atom is -0.464 e. The van der Waals surface area contributed by atoms with Crippen LogP contribution in [0.15, 0.2) is 53.4 Å². The summed E-state index contributed by atoms with van der Waals surface area (Å²) in [5.74, 6) is -1.58. The number of alkyl halides is 3. The molecule has 2 aromatic heterocycles. The van der Waals surface area contributed by atoms with Crippen molar-refractivity contribution < 1.29 is 40.2 Å². The Bertz CT molecular complexity index is 1760. The molecule has 1 saturated carbocycles. The summed E-state index contributed by atoms with van der Waals surface area (Å²) in [5.41, 5.74) is 3.32. The number of benzene rings is 2. The molecule has 0 radical (unpaired) electrons. The van der Waals surface area contributed by atoms with Crippen molar-refractivity contribution in [2.75, 3.05) is 7.11 Å². The lowest BCUT2D eigenvalue weighted by Crippen LogP contribution is -2.17. The van der Waals surface area contributed by atoms with Gasteiger partial charge in [0.15, 0.2) is 5.69 Å². The topological polar surface area (TPSA) is 114 Å². The Hall–Kier alpha value is -3.75. The number of sulfonamides is 1. The molecule has 0 amide bonds. The van der Waals surface area contributed by atoms with Crippen LogP contribution in [0.25, 0.3) is 21.8 Å². The number of aromatic nitrogens is 2. The molecule has 0 bridgehead atoms. The minimum atomic E-state index is -4.85. The van der Waals surface area contributed by atoms with E-state index < -0.39 is 33.1 Å². The largest absolute Gasteiger partial charge is 0.573 e. The molecule has 2 N–H and O–H groups in total. The van der Waals surface area contributed by atoms with Crippen molar-refractivity contribution in [2.24, 2.45) is 11.1 Å². The number of carbonyl (C=O) groups is 1. The second-order valence-corrected chi connectivity index (χ2v) is 12.7. The number of esters is 1. The molecule has 14 heteroatoms. The van der Waals surface area contributed by atoms with Gasteiger partial charge in [-0.25, -0.2) is 27.7 Å². The maximum atomic E-state index is 14.8. The maximum Gasteiger partial charge on any atom is 0.573 e. The van der Waals surface area contributed by atoms with Crippen LogP contribution in [0.5, 0.6) is 5.75 Å². The van der Waals surface area contributed by atoms with Gasteiger partial charge in [-0.05, 0) is 85.7 Å². The molecule has 222 valence electrons. The quantitative estimate of drug-likeness (QED) is 0.179. The number of halogens is 4. The zero-order valence-corrected chi connectivity index (χ0v) is 24.0. The van der Waals surface area contributed by atoms with Crippen LogP contribution in [0.1, 0.15) is 39.5 Å². The summed E-state index contributed by atoms with van der Waals surface area (Å²) >= 11 is 1.30. The maximum absolute atomic E-state index is 14.8. The number of carbonyl (C=O) groups excluding carboxylic acids is 1. The number of primary sulfonamides is 1. The van der Waals surface area contributed by atoms with Gasteiger partial charge in [0.25, 0.3) is 0 Å². The molecule has 5 rings (SSSR count). The van der Waals surface area contributed by atoms with E-state index in [2.05, 4.69) is 9.72 Å². The number of ether oxygens (including phenoxy) is 2. The van der Waals surface area contributed by atoms with Crippen molar-refractivity contribution in [3.8, 4) is 27.6 Å². The molecular formula is C28H25F4N3O5S2. The first-order valence-electron chi connectivity index (χ1n) is 12.7. The van der Waals surface area contributed by atoms with E-state index in [4.69, 9.17) is 9.88 Å². The fourth-order valence-electron chi connectivity index (χ4n) is 4.69. The number of nitrogens with zero attached hydrogens (tertiary/aromatic N) is 2. The number of methoxy groups -OCH3 is 1. The number of aryl methyl sites for hydroxylation is 1. The highest BCUT2D eigenvalue weighted by Crippen LogP contribution is 2.42. The first kappa shape index (κ1) is 29.7. The molecule has 2 aromatic carbocycles. The number of hydrogen-bond acceptors (Lipinski definition) is 7. The van der Waals surface area contributed by atoms with E-state index in [1.165, 1.54) is 48.8 Å². The van der Waals surface area contributed by atoms with Crippen LogP contribution in [0.3, 0.4) is 0 Å². The average molecular weight is 624 g/mol. The molecule has 0 atom stereocenters. The third-order valence-electron chi connectivity index (χ3n) is 6.82. The van der Waals surface area contributed by atoms with Crippen molar-refractivity contribution in [2.45, 2.75) is 44.0 Å². The van der Waals surface area contributed by atoms with Crippen molar-refractivity contribution in [1.29, 1.82) is 0 Å². The van der Waals surface area contributed by atoms with Gasteiger partial charge in [0.2, 0.25) is 10.0 Å². The first-order chi connectivity index (χ1) is 19.7. The second kappa shape index (κ2) is 11.2. The molecule has 0 unspecified atom stereocenters. The summed E-state index contributed by atoms with van der Waals surface area (Å²) in [4.78, 5) is 16.8. The van der Waals surface area contributed by atoms with Crippen molar-refractivity contribution in [3.05, 3.63) is 76.2 Å². The lowest BCUT2D eigenvalue weighted by Gasteiger charge is -2.16. The molecule has 4 aromatic rings. The number of hydrogen-bond donors (Lipinski definition) is 1. The summed E-state index contributed by atoms with van der Waals surface area (Å²) in [6.07, 6.45) is -2.20. The van der Waals surface area contributed by atoms with Gasteiger partial charge in [-0.3, -0.25) is 0 Å². The van der Waals surface area contributed by atoms with E-state index in [9.17, 15) is 30.8 Å². The fourth-order valence-corrected chi connectivity index (χ4v) is 6.22. The molecule has 2 heterocycles. The van der Waals surface area contributed by atoms with Crippen molar-refractivity contribution >= 4 is 27.3 Å². The van der Waals surface area contributed by atoms with Gasteiger partial charge < -0.3 is 14.0 Å². The van der Waals surface area contributed by atoms with Gasteiger partial charge in [-0.15, -0.1) is 24.5 Å². The average Bonchev–Trinajstić information content (AvgIpc) is 3.54. The predicted molar refractivity (Wildman–Crippen MR) is 147 cm³/mol.